The molecule has 0 radical (unpaired) electrons. The maximum Gasteiger partial charge on any atom is 0.319 e. The van der Waals surface area contributed by atoms with E-state index in [9.17, 15) is 4.79 Å². The molecule has 2 atom stereocenters. The Bertz CT molecular complexity index is 793. The Labute approximate surface area is 160 Å². The lowest BCUT2D eigenvalue weighted by Crippen LogP contribution is -2.41. The molecule has 2 aromatic carbocycles. The second kappa shape index (κ2) is 8.11. The number of amides is 2. The van der Waals surface area contributed by atoms with Crippen molar-refractivity contribution in [3.8, 4) is 0 Å². The minimum atomic E-state index is -0.136. The molecular weight excluding hydrogens is 338 g/mol. The van der Waals surface area contributed by atoms with Crippen LogP contribution in [-0.4, -0.2) is 30.1 Å². The van der Waals surface area contributed by atoms with Crippen LogP contribution < -0.4 is 10.6 Å². The minimum Gasteiger partial charge on any atom is -0.372 e. The lowest BCUT2D eigenvalue weighted by molar-refractivity contribution is 0.134. The Kier molecular flexibility index (Phi) is 5.41. The Hall–Kier alpha value is -2.37. The standard InChI is InChI=1S/C22H27N3O2/c1-16(18-9-10-25(13-18)12-17-5-3-2-4-6-17)23-22(26)24-21-8-7-19-14-27-15-20(19)11-21/h2-8,11,16,18H,9-10,12-15H2,1H3,(H2,23,24,26)/t16-,18-/m0/s1. The molecule has 142 valence electrons. The summed E-state index contributed by atoms with van der Waals surface area (Å²) in [6, 6.07) is 16.5. The average molecular weight is 365 g/mol. The van der Waals surface area contributed by atoms with Gasteiger partial charge in [0, 0.05) is 24.8 Å². The van der Waals surface area contributed by atoms with Gasteiger partial charge in [0.05, 0.1) is 13.2 Å². The zero-order valence-corrected chi connectivity index (χ0v) is 15.8. The summed E-state index contributed by atoms with van der Waals surface area (Å²) < 4.78 is 5.43. The van der Waals surface area contributed by atoms with E-state index in [4.69, 9.17) is 4.74 Å². The molecular formula is C22H27N3O2. The number of nitrogens with zero attached hydrogens (tertiary/aromatic N) is 1. The monoisotopic (exact) mass is 365 g/mol. The smallest absolute Gasteiger partial charge is 0.319 e. The summed E-state index contributed by atoms with van der Waals surface area (Å²) in [5, 5.41) is 6.07. The van der Waals surface area contributed by atoms with E-state index in [-0.39, 0.29) is 12.1 Å². The van der Waals surface area contributed by atoms with Crippen molar-refractivity contribution in [1.82, 2.24) is 10.2 Å². The van der Waals surface area contributed by atoms with E-state index in [1.54, 1.807) is 0 Å². The molecule has 0 aromatic heterocycles. The lowest BCUT2D eigenvalue weighted by atomic mass is 10.0. The maximum atomic E-state index is 12.4. The van der Waals surface area contributed by atoms with Gasteiger partial charge >= 0.3 is 6.03 Å². The number of hydrogen-bond donors (Lipinski definition) is 2. The topological polar surface area (TPSA) is 53.6 Å². The third-order valence-corrected chi connectivity index (χ3v) is 5.60. The van der Waals surface area contributed by atoms with Crippen molar-refractivity contribution in [1.29, 1.82) is 0 Å². The fourth-order valence-electron chi connectivity index (χ4n) is 4.00. The van der Waals surface area contributed by atoms with Crippen LogP contribution in [0.4, 0.5) is 10.5 Å². The summed E-state index contributed by atoms with van der Waals surface area (Å²) in [5.41, 5.74) is 4.53. The van der Waals surface area contributed by atoms with Crippen molar-refractivity contribution < 1.29 is 9.53 Å². The van der Waals surface area contributed by atoms with Crippen LogP contribution >= 0.6 is 0 Å². The van der Waals surface area contributed by atoms with E-state index >= 15 is 0 Å². The molecule has 1 saturated heterocycles. The molecule has 5 nitrogen and oxygen atoms in total. The van der Waals surface area contributed by atoms with Crippen LogP contribution in [0.5, 0.6) is 0 Å². The van der Waals surface area contributed by atoms with Crippen molar-refractivity contribution >= 4 is 11.7 Å². The van der Waals surface area contributed by atoms with Gasteiger partial charge in [0.15, 0.2) is 0 Å². The molecule has 2 amide bonds. The van der Waals surface area contributed by atoms with Gasteiger partial charge in [-0.2, -0.15) is 0 Å². The first-order valence-electron chi connectivity index (χ1n) is 9.71. The van der Waals surface area contributed by atoms with Crippen LogP contribution in [0.25, 0.3) is 0 Å². The van der Waals surface area contributed by atoms with E-state index in [0.29, 0.717) is 19.1 Å². The van der Waals surface area contributed by atoms with Crippen molar-refractivity contribution in [2.24, 2.45) is 5.92 Å². The second-order valence-electron chi connectivity index (χ2n) is 7.63. The molecule has 2 aliphatic rings. The number of anilines is 1. The number of hydrogen-bond acceptors (Lipinski definition) is 3. The predicted molar refractivity (Wildman–Crippen MR) is 106 cm³/mol. The fourth-order valence-corrected chi connectivity index (χ4v) is 4.00. The first-order valence-corrected chi connectivity index (χ1v) is 9.71. The number of carbonyl (C=O) groups excluding carboxylic acids is 1. The summed E-state index contributed by atoms with van der Waals surface area (Å²) in [5.74, 6) is 0.480. The molecule has 0 aliphatic carbocycles. The number of nitrogens with one attached hydrogen (secondary N) is 2. The van der Waals surface area contributed by atoms with E-state index < -0.39 is 0 Å². The van der Waals surface area contributed by atoms with Gasteiger partial charge in [0.25, 0.3) is 0 Å². The normalized spacial score (nSPS) is 20.3. The molecule has 0 saturated carbocycles. The Morgan fingerprint density at radius 2 is 2.00 bits per heavy atom. The van der Waals surface area contributed by atoms with E-state index in [1.807, 2.05) is 18.2 Å². The molecule has 0 unspecified atom stereocenters. The molecule has 2 aliphatic heterocycles. The summed E-state index contributed by atoms with van der Waals surface area (Å²) in [7, 11) is 0. The molecule has 5 heteroatoms. The summed E-state index contributed by atoms with van der Waals surface area (Å²) in [6.07, 6.45) is 1.12. The SMILES string of the molecule is C[C@H](NC(=O)Nc1ccc2c(c1)COC2)[C@H]1CCN(Cc2ccccc2)C1. The van der Waals surface area contributed by atoms with Crippen molar-refractivity contribution in [3.63, 3.8) is 0 Å². The van der Waals surface area contributed by atoms with Crippen LogP contribution in [0.2, 0.25) is 0 Å². The van der Waals surface area contributed by atoms with Gasteiger partial charge in [-0.05, 0) is 54.6 Å². The molecule has 2 aromatic rings. The number of ether oxygens (including phenoxy) is 1. The highest BCUT2D eigenvalue weighted by Gasteiger charge is 2.28. The Balaban J connectivity index is 1.26. The summed E-state index contributed by atoms with van der Waals surface area (Å²) in [4.78, 5) is 14.9. The number of fused-ring (bicyclic) bond motifs is 1. The van der Waals surface area contributed by atoms with Crippen LogP contribution in [0.1, 0.15) is 30.0 Å². The number of urea groups is 1. The second-order valence-corrected chi connectivity index (χ2v) is 7.63. The van der Waals surface area contributed by atoms with Gasteiger partial charge in [-0.15, -0.1) is 0 Å². The highest BCUT2D eigenvalue weighted by molar-refractivity contribution is 5.89. The van der Waals surface area contributed by atoms with Gasteiger partial charge in [-0.1, -0.05) is 36.4 Å². The molecule has 0 bridgehead atoms. The number of rotatable bonds is 5. The fraction of sp³-hybridized carbons (Fsp3) is 0.409. The van der Waals surface area contributed by atoms with Crippen molar-refractivity contribution in [2.45, 2.75) is 39.1 Å². The molecule has 27 heavy (non-hydrogen) atoms. The summed E-state index contributed by atoms with van der Waals surface area (Å²) >= 11 is 0. The Morgan fingerprint density at radius 3 is 2.85 bits per heavy atom. The lowest BCUT2D eigenvalue weighted by Gasteiger charge is -2.22. The van der Waals surface area contributed by atoms with Gasteiger partial charge < -0.3 is 15.4 Å². The van der Waals surface area contributed by atoms with Gasteiger partial charge in [0.1, 0.15) is 0 Å². The first kappa shape index (κ1) is 18.0. The minimum absolute atomic E-state index is 0.136. The predicted octanol–water partition coefficient (Wildman–Crippen LogP) is 3.75. The number of likely N-dealkylation sites (tertiary alicyclic amines) is 1. The first-order chi connectivity index (χ1) is 13.2. The molecule has 1 fully saturated rings. The molecule has 2 heterocycles. The van der Waals surface area contributed by atoms with Crippen LogP contribution in [0.15, 0.2) is 48.5 Å². The highest BCUT2D eigenvalue weighted by Crippen LogP contribution is 2.24. The largest absolute Gasteiger partial charge is 0.372 e. The molecule has 4 rings (SSSR count). The van der Waals surface area contributed by atoms with E-state index in [2.05, 4.69) is 52.8 Å². The molecule has 2 N–H and O–H groups in total. The third-order valence-electron chi connectivity index (χ3n) is 5.60. The van der Waals surface area contributed by atoms with Gasteiger partial charge in [0.2, 0.25) is 0 Å². The van der Waals surface area contributed by atoms with Gasteiger partial charge in [-0.3, -0.25) is 4.90 Å². The quantitative estimate of drug-likeness (QED) is 0.848. The highest BCUT2D eigenvalue weighted by atomic mass is 16.5. The van der Waals surface area contributed by atoms with Crippen molar-refractivity contribution in [3.05, 3.63) is 65.2 Å². The number of benzene rings is 2. The van der Waals surface area contributed by atoms with Crippen LogP contribution in [0, 0.1) is 5.92 Å². The maximum absolute atomic E-state index is 12.4. The van der Waals surface area contributed by atoms with E-state index in [0.717, 1.165) is 37.3 Å². The van der Waals surface area contributed by atoms with Crippen LogP contribution in [-0.2, 0) is 24.5 Å². The van der Waals surface area contributed by atoms with Crippen LogP contribution in [0.3, 0.4) is 0 Å². The molecule has 0 spiro atoms. The third kappa shape index (κ3) is 4.49. The average Bonchev–Trinajstić information content (AvgIpc) is 3.31. The Morgan fingerprint density at radius 1 is 1.19 bits per heavy atom. The van der Waals surface area contributed by atoms with E-state index in [1.165, 1.54) is 11.1 Å². The number of carbonyl (C=O) groups is 1. The zero-order chi connectivity index (χ0) is 18.6. The van der Waals surface area contributed by atoms with Crippen molar-refractivity contribution in [2.75, 3.05) is 18.4 Å². The summed E-state index contributed by atoms with van der Waals surface area (Å²) in [6.45, 7) is 6.48. The van der Waals surface area contributed by atoms with Gasteiger partial charge in [-0.25, -0.2) is 4.79 Å². The zero-order valence-electron chi connectivity index (χ0n) is 15.8.